The fourth-order valence-corrected chi connectivity index (χ4v) is 5.94. The molecule has 0 aromatic heterocycles. The van der Waals surface area contributed by atoms with Gasteiger partial charge in [0.05, 0.1) is 19.8 Å². The molecule has 1 aromatic rings. The molecule has 1 aromatic carbocycles. The van der Waals surface area contributed by atoms with Gasteiger partial charge in [0, 0.05) is 34.0 Å². The van der Waals surface area contributed by atoms with Gasteiger partial charge in [-0.1, -0.05) is 79.0 Å². The van der Waals surface area contributed by atoms with Crippen molar-refractivity contribution in [3.05, 3.63) is 35.9 Å². The summed E-state index contributed by atoms with van der Waals surface area (Å²) in [5.41, 5.74) is -0.812. The van der Waals surface area contributed by atoms with Crippen LogP contribution in [-0.4, -0.2) is 110 Å². The van der Waals surface area contributed by atoms with E-state index in [1.54, 1.807) is 38.1 Å². The summed E-state index contributed by atoms with van der Waals surface area (Å²) in [5.74, 6) is -3.47. The quantitative estimate of drug-likeness (QED) is 0.102. The summed E-state index contributed by atoms with van der Waals surface area (Å²) in [6, 6.07) is 9.01. The zero-order valence-electron chi connectivity index (χ0n) is 27.6. The number of hydrogen-bond donors (Lipinski definition) is 1. The first-order valence-electron chi connectivity index (χ1n) is 15.0. The van der Waals surface area contributed by atoms with Crippen molar-refractivity contribution in [2.45, 2.75) is 99.3 Å². The molecule has 48 heavy (non-hydrogen) atoms. The topological polar surface area (TPSA) is 167 Å². The van der Waals surface area contributed by atoms with Gasteiger partial charge in [-0.25, -0.2) is 4.79 Å². The summed E-state index contributed by atoms with van der Waals surface area (Å²) in [5, 5.41) is 8.23. The third-order valence-corrected chi connectivity index (χ3v) is 8.67. The van der Waals surface area contributed by atoms with Gasteiger partial charge in [0.15, 0.2) is 24.1 Å². The number of methoxy groups -OCH3 is 3. The van der Waals surface area contributed by atoms with Crippen LogP contribution in [0.2, 0.25) is 0 Å². The van der Waals surface area contributed by atoms with Crippen molar-refractivity contribution in [1.29, 1.82) is 5.41 Å². The Bertz CT molecular complexity index is 1250. The molecule has 0 radical (unpaired) electrons. The fraction of sp³-hybridized carbons (Fsp3) is 0.677. The first-order chi connectivity index (χ1) is 22.6. The highest BCUT2D eigenvalue weighted by Gasteiger charge is 2.60. The van der Waals surface area contributed by atoms with E-state index >= 15 is 0 Å². The second-order valence-corrected chi connectivity index (χ2v) is 13.4. The van der Waals surface area contributed by atoms with Gasteiger partial charge in [0.25, 0.3) is 3.79 Å². The Morgan fingerprint density at radius 1 is 0.896 bits per heavy atom. The lowest BCUT2D eigenvalue weighted by molar-refractivity contribution is -0.367. The van der Waals surface area contributed by atoms with Crippen molar-refractivity contribution in [1.82, 2.24) is 0 Å². The smallest absolute Gasteiger partial charge is 0.338 e. The molecule has 3 rings (SSSR count). The minimum Gasteiger partial charge on any atom is -0.467 e. The molecule has 10 atom stereocenters. The molecule has 5 unspecified atom stereocenters. The highest BCUT2D eigenvalue weighted by atomic mass is 35.6. The number of alkyl halides is 3. The molecule has 14 nitrogen and oxygen atoms in total. The molecule has 0 bridgehead atoms. The Kier molecular flexibility index (Phi) is 14.7. The van der Waals surface area contributed by atoms with Crippen LogP contribution >= 0.6 is 34.8 Å². The van der Waals surface area contributed by atoms with Crippen LogP contribution < -0.4 is 0 Å². The SMILES string of the molecule is CCC1(C(=O)OC)O[C@@H](O[C@@H]2C(COC(C)=O)OC(OC(=N)C(Cl)(Cl)Cl)C(OCc3ccccc3)[C@H]2OC(C)=O)C(OC)[C@@H](OC)[C@@H]1C. The van der Waals surface area contributed by atoms with E-state index in [1.807, 2.05) is 6.07 Å². The Morgan fingerprint density at radius 3 is 2.06 bits per heavy atom. The maximum atomic E-state index is 13.2. The van der Waals surface area contributed by atoms with E-state index in [0.29, 0.717) is 0 Å². The number of benzene rings is 1. The van der Waals surface area contributed by atoms with Gasteiger partial charge < -0.3 is 47.4 Å². The number of carbonyl (C=O) groups is 3. The largest absolute Gasteiger partial charge is 0.467 e. The molecule has 1 N–H and O–H groups in total. The lowest BCUT2D eigenvalue weighted by Gasteiger charge is -2.52. The first kappa shape index (κ1) is 40.2. The van der Waals surface area contributed by atoms with E-state index in [4.69, 9.17) is 87.6 Å². The van der Waals surface area contributed by atoms with E-state index in [1.165, 1.54) is 28.3 Å². The van der Waals surface area contributed by atoms with Crippen LogP contribution in [0.5, 0.6) is 0 Å². The molecule has 2 aliphatic rings. The Labute approximate surface area is 294 Å². The van der Waals surface area contributed by atoms with Gasteiger partial charge in [-0.2, -0.15) is 0 Å². The second kappa shape index (κ2) is 17.6. The lowest BCUT2D eigenvalue weighted by Crippen LogP contribution is -2.68. The lowest BCUT2D eigenvalue weighted by atomic mass is 9.77. The molecule has 0 spiro atoms. The Morgan fingerprint density at radius 2 is 1.54 bits per heavy atom. The zero-order valence-corrected chi connectivity index (χ0v) is 29.9. The molecule has 270 valence electrons. The molecular weight excluding hydrogens is 701 g/mol. The normalized spacial score (nSPS) is 32.2. The minimum atomic E-state index is -2.30. The van der Waals surface area contributed by atoms with Crippen molar-refractivity contribution >= 4 is 58.6 Å². The molecule has 0 amide bonds. The number of esters is 3. The van der Waals surface area contributed by atoms with Gasteiger partial charge in [0.1, 0.15) is 24.9 Å². The Balaban J connectivity index is 2.14. The summed E-state index contributed by atoms with van der Waals surface area (Å²) in [7, 11) is 4.10. The van der Waals surface area contributed by atoms with E-state index in [2.05, 4.69) is 0 Å². The standard InChI is InChI=1S/C31H42Cl3NO13/c1-8-30(29(38)41-7)16(2)21(39-5)24(40-6)27(48-30)46-22-20(15-42-17(3)36)45-26(47-28(35)31(32,33)34)25(23(22)44-18(4)37)43-14-19-12-10-9-11-13-19/h9-13,16,20-27,35H,8,14-15H2,1-7H3/t16-,20?,21-,22+,23-,24?,25?,26?,27+,30?/m0/s1. The maximum Gasteiger partial charge on any atom is 0.338 e. The highest BCUT2D eigenvalue weighted by Crippen LogP contribution is 2.42. The van der Waals surface area contributed by atoms with Crippen LogP contribution in [0.4, 0.5) is 0 Å². The third kappa shape index (κ3) is 9.49. The fourth-order valence-electron chi connectivity index (χ4n) is 5.81. The molecular formula is C31H42Cl3NO13. The van der Waals surface area contributed by atoms with E-state index < -0.39 is 94.9 Å². The van der Waals surface area contributed by atoms with Crippen molar-refractivity contribution in [2.75, 3.05) is 27.9 Å². The Hall–Kier alpha value is -2.27. The number of hydrogen-bond acceptors (Lipinski definition) is 14. The first-order valence-corrected chi connectivity index (χ1v) is 16.2. The number of rotatable bonds is 13. The van der Waals surface area contributed by atoms with Crippen molar-refractivity contribution in [2.24, 2.45) is 5.92 Å². The van der Waals surface area contributed by atoms with E-state index in [0.717, 1.165) is 12.5 Å². The van der Waals surface area contributed by atoms with Gasteiger partial charge in [-0.15, -0.1) is 0 Å². The molecule has 0 saturated carbocycles. The number of ether oxygens (including phenoxy) is 10. The molecule has 2 saturated heterocycles. The van der Waals surface area contributed by atoms with Gasteiger partial charge >= 0.3 is 17.9 Å². The monoisotopic (exact) mass is 741 g/mol. The molecule has 2 fully saturated rings. The maximum absolute atomic E-state index is 13.2. The van der Waals surface area contributed by atoms with Gasteiger partial charge in [-0.05, 0) is 12.0 Å². The van der Waals surface area contributed by atoms with Crippen LogP contribution in [0.1, 0.15) is 39.7 Å². The number of nitrogens with one attached hydrogen (secondary N) is 1. The average molecular weight is 743 g/mol. The van der Waals surface area contributed by atoms with Crippen molar-refractivity contribution < 1.29 is 61.8 Å². The van der Waals surface area contributed by atoms with Crippen molar-refractivity contribution in [3.63, 3.8) is 0 Å². The van der Waals surface area contributed by atoms with E-state index in [-0.39, 0.29) is 13.0 Å². The van der Waals surface area contributed by atoms with Crippen LogP contribution in [0, 0.1) is 11.3 Å². The van der Waals surface area contributed by atoms with Gasteiger partial charge in [0.2, 0.25) is 12.2 Å². The summed E-state index contributed by atoms with van der Waals surface area (Å²) in [6.07, 6.45) is -9.75. The zero-order chi connectivity index (χ0) is 35.8. The molecule has 0 aliphatic carbocycles. The van der Waals surface area contributed by atoms with Gasteiger partial charge in [-0.3, -0.25) is 15.0 Å². The molecule has 2 aliphatic heterocycles. The average Bonchev–Trinajstić information content (AvgIpc) is 3.04. The van der Waals surface area contributed by atoms with Crippen LogP contribution in [0.25, 0.3) is 0 Å². The molecule has 17 heteroatoms. The highest BCUT2D eigenvalue weighted by molar-refractivity contribution is 6.76. The third-order valence-electron chi connectivity index (χ3n) is 8.16. The van der Waals surface area contributed by atoms with Crippen LogP contribution in [0.3, 0.4) is 0 Å². The summed E-state index contributed by atoms with van der Waals surface area (Å²) < 4.78 is 56.4. The second-order valence-electron chi connectivity index (χ2n) is 11.1. The number of halogens is 3. The summed E-state index contributed by atoms with van der Waals surface area (Å²) >= 11 is 17.7. The predicted octanol–water partition coefficient (Wildman–Crippen LogP) is 3.88. The van der Waals surface area contributed by atoms with E-state index in [9.17, 15) is 14.4 Å². The molecule has 2 heterocycles. The minimum absolute atomic E-state index is 0.0416. The van der Waals surface area contributed by atoms with Crippen LogP contribution in [-0.2, 0) is 68.4 Å². The summed E-state index contributed by atoms with van der Waals surface area (Å²) in [4.78, 5) is 37.8. The summed E-state index contributed by atoms with van der Waals surface area (Å²) in [6.45, 7) is 5.37. The predicted molar refractivity (Wildman–Crippen MR) is 171 cm³/mol. The number of carbonyl (C=O) groups excluding carboxylic acids is 3. The van der Waals surface area contributed by atoms with Crippen molar-refractivity contribution in [3.8, 4) is 0 Å². The van der Waals surface area contributed by atoms with Crippen LogP contribution in [0.15, 0.2) is 30.3 Å².